The minimum Gasteiger partial charge on any atom is -0.497 e. The first-order valence-electron chi connectivity index (χ1n) is 10.5. The van der Waals surface area contributed by atoms with Gasteiger partial charge in [-0.2, -0.15) is 0 Å². The molecule has 0 aliphatic heterocycles. The van der Waals surface area contributed by atoms with E-state index < -0.39 is 11.5 Å². The summed E-state index contributed by atoms with van der Waals surface area (Å²) >= 11 is 0. The van der Waals surface area contributed by atoms with Gasteiger partial charge in [-0.15, -0.1) is 0 Å². The molecule has 2 aromatic carbocycles. The average Bonchev–Trinajstić information content (AvgIpc) is 2.78. The molecule has 2 aromatic rings. The first-order valence-corrected chi connectivity index (χ1v) is 10.5. The molecule has 1 aliphatic carbocycles. The Morgan fingerprint density at radius 3 is 2.30 bits per heavy atom. The van der Waals surface area contributed by atoms with Crippen LogP contribution < -0.4 is 10.2 Å². The van der Waals surface area contributed by atoms with Gasteiger partial charge in [0.2, 0.25) is 0 Å². The summed E-state index contributed by atoms with van der Waals surface area (Å²) in [4.78, 5) is 13.7. The molecule has 3 rings (SSSR count). The van der Waals surface area contributed by atoms with Crippen LogP contribution in [0.1, 0.15) is 59.5 Å². The molecule has 6 nitrogen and oxygen atoms in total. The minimum atomic E-state index is -0.704. The molecule has 1 amide bonds. The van der Waals surface area contributed by atoms with Crippen molar-refractivity contribution in [3.05, 3.63) is 65.2 Å². The van der Waals surface area contributed by atoms with E-state index in [0.29, 0.717) is 12.1 Å². The zero-order valence-corrected chi connectivity index (χ0v) is 17.8. The smallest absolute Gasteiger partial charge is 0.274 e. The van der Waals surface area contributed by atoms with E-state index in [1.165, 1.54) is 6.42 Å². The van der Waals surface area contributed by atoms with Crippen LogP contribution in [0.5, 0.6) is 5.75 Å². The molecule has 0 bridgehead atoms. The van der Waals surface area contributed by atoms with Gasteiger partial charge in [-0.25, -0.2) is 5.48 Å². The van der Waals surface area contributed by atoms with E-state index in [2.05, 4.69) is 24.1 Å². The lowest BCUT2D eigenvalue weighted by Crippen LogP contribution is -2.43. The first-order chi connectivity index (χ1) is 14.4. The summed E-state index contributed by atoms with van der Waals surface area (Å²) in [6.07, 6.45) is 4.94. The van der Waals surface area contributed by atoms with E-state index in [1.54, 1.807) is 24.7 Å². The van der Waals surface area contributed by atoms with Gasteiger partial charge in [0, 0.05) is 24.6 Å². The highest BCUT2D eigenvalue weighted by Gasteiger charge is 2.39. The van der Waals surface area contributed by atoms with Crippen LogP contribution in [-0.2, 0) is 6.54 Å². The number of hydrogen-bond donors (Lipinski definition) is 3. The van der Waals surface area contributed by atoms with Crippen molar-refractivity contribution in [1.82, 2.24) is 10.4 Å². The van der Waals surface area contributed by atoms with Crippen molar-refractivity contribution in [2.75, 3.05) is 20.7 Å². The van der Waals surface area contributed by atoms with Crippen LogP contribution in [-0.4, -0.2) is 47.4 Å². The number of likely N-dealkylation sites (N-methyl/N-ethyl adjacent to an activating group) is 1. The fourth-order valence-corrected chi connectivity index (χ4v) is 4.45. The lowest BCUT2D eigenvalue weighted by molar-refractivity contribution is -0.0297. The molecule has 1 atom stereocenters. The zero-order valence-electron chi connectivity index (χ0n) is 17.8. The van der Waals surface area contributed by atoms with E-state index in [1.807, 2.05) is 24.3 Å². The fourth-order valence-electron chi connectivity index (χ4n) is 4.45. The molecule has 30 heavy (non-hydrogen) atoms. The Hall–Kier alpha value is -2.41. The van der Waals surface area contributed by atoms with Crippen molar-refractivity contribution in [1.29, 1.82) is 0 Å². The van der Waals surface area contributed by atoms with Gasteiger partial charge in [0.05, 0.1) is 12.7 Å². The lowest BCUT2D eigenvalue weighted by Gasteiger charge is -2.41. The fraction of sp³-hybridized carbons (Fsp3) is 0.458. The van der Waals surface area contributed by atoms with Crippen LogP contribution in [0.3, 0.4) is 0 Å². The topological polar surface area (TPSA) is 82.0 Å². The Labute approximate surface area is 178 Å². The molecule has 1 aliphatic rings. The molecule has 3 N–H and O–H groups in total. The van der Waals surface area contributed by atoms with Gasteiger partial charge in [-0.1, -0.05) is 43.5 Å². The van der Waals surface area contributed by atoms with Gasteiger partial charge >= 0.3 is 0 Å². The molecule has 0 spiro atoms. The normalized spacial score (nSPS) is 16.8. The van der Waals surface area contributed by atoms with E-state index in [-0.39, 0.29) is 5.92 Å². The number of hydrogen-bond acceptors (Lipinski definition) is 5. The van der Waals surface area contributed by atoms with Gasteiger partial charge in [-0.05, 0) is 55.3 Å². The third kappa shape index (κ3) is 5.39. The highest BCUT2D eigenvalue weighted by molar-refractivity contribution is 5.93. The Kier molecular flexibility index (Phi) is 7.48. The number of rotatable bonds is 8. The van der Waals surface area contributed by atoms with Crippen molar-refractivity contribution in [3.8, 4) is 5.75 Å². The molecular weight excluding hydrogens is 380 g/mol. The second-order valence-electron chi connectivity index (χ2n) is 8.32. The van der Waals surface area contributed by atoms with Crippen molar-refractivity contribution in [2.45, 2.75) is 50.2 Å². The molecule has 1 fully saturated rings. The Balaban J connectivity index is 1.75. The summed E-state index contributed by atoms with van der Waals surface area (Å²) in [5, 5.41) is 20.3. The van der Waals surface area contributed by atoms with E-state index in [0.717, 1.165) is 49.1 Å². The molecule has 1 saturated carbocycles. The second-order valence-corrected chi connectivity index (χ2v) is 8.32. The number of ether oxygens (including phenoxy) is 1. The van der Waals surface area contributed by atoms with Crippen molar-refractivity contribution in [3.63, 3.8) is 0 Å². The second kappa shape index (κ2) is 10.1. The molecule has 6 heteroatoms. The number of amides is 1. The van der Waals surface area contributed by atoms with Gasteiger partial charge in [0.1, 0.15) is 5.75 Å². The molecule has 0 radical (unpaired) electrons. The highest BCUT2D eigenvalue weighted by Crippen LogP contribution is 2.40. The molecular formula is C24H32N2O4. The van der Waals surface area contributed by atoms with Crippen LogP contribution in [0.25, 0.3) is 0 Å². The van der Waals surface area contributed by atoms with Crippen LogP contribution in [0.15, 0.2) is 48.5 Å². The summed E-state index contributed by atoms with van der Waals surface area (Å²) in [5.41, 5.74) is 3.55. The molecule has 0 saturated heterocycles. The first kappa shape index (κ1) is 22.3. The quantitative estimate of drug-likeness (QED) is 0.455. The van der Waals surface area contributed by atoms with E-state index in [9.17, 15) is 9.90 Å². The maximum atomic E-state index is 11.5. The number of benzene rings is 2. The zero-order chi connectivity index (χ0) is 21.6. The van der Waals surface area contributed by atoms with Gasteiger partial charge < -0.3 is 14.7 Å². The SMILES string of the molecule is COc1ccc([C@H](CN(C)Cc2ccc(C(=O)NO)cc2)C2(O)CCCCC2)cc1. The Bertz CT molecular complexity index is 814. The maximum Gasteiger partial charge on any atom is 0.274 e. The number of aliphatic hydroxyl groups is 1. The highest BCUT2D eigenvalue weighted by atomic mass is 16.5. The van der Waals surface area contributed by atoms with E-state index >= 15 is 0 Å². The number of carbonyl (C=O) groups is 1. The van der Waals surface area contributed by atoms with Crippen LogP contribution >= 0.6 is 0 Å². The minimum absolute atomic E-state index is 0.00754. The van der Waals surface area contributed by atoms with Gasteiger partial charge in [-0.3, -0.25) is 10.0 Å². The largest absolute Gasteiger partial charge is 0.497 e. The standard InChI is InChI=1S/C24H32N2O4/c1-26(16-18-6-8-20(9-7-18)23(27)25-29)17-22(24(28)14-4-3-5-15-24)19-10-12-21(30-2)13-11-19/h6-13,22,28-29H,3-5,14-17H2,1-2H3,(H,25,27)/t22-/m0/s1. The summed E-state index contributed by atoms with van der Waals surface area (Å²) in [5.74, 6) is 0.302. The number of methoxy groups -OCH3 is 1. The summed E-state index contributed by atoms with van der Waals surface area (Å²) in [6, 6.07) is 15.2. The third-order valence-corrected chi connectivity index (χ3v) is 6.15. The van der Waals surface area contributed by atoms with Crippen molar-refractivity contribution in [2.24, 2.45) is 0 Å². The van der Waals surface area contributed by atoms with E-state index in [4.69, 9.17) is 9.94 Å². The van der Waals surface area contributed by atoms with Gasteiger partial charge in [0.15, 0.2) is 0 Å². The predicted molar refractivity (Wildman–Crippen MR) is 116 cm³/mol. The van der Waals surface area contributed by atoms with Crippen LogP contribution in [0.4, 0.5) is 0 Å². The number of nitrogens with zero attached hydrogens (tertiary/aromatic N) is 1. The molecule has 0 heterocycles. The average molecular weight is 413 g/mol. The monoisotopic (exact) mass is 412 g/mol. The summed E-state index contributed by atoms with van der Waals surface area (Å²) in [6.45, 7) is 1.42. The molecule has 0 unspecified atom stereocenters. The van der Waals surface area contributed by atoms with Gasteiger partial charge in [0.25, 0.3) is 5.91 Å². The third-order valence-electron chi connectivity index (χ3n) is 6.15. The molecule has 0 aromatic heterocycles. The van der Waals surface area contributed by atoms with Crippen molar-refractivity contribution < 1.29 is 19.8 Å². The number of carbonyl (C=O) groups excluding carboxylic acids is 1. The number of nitrogens with one attached hydrogen (secondary N) is 1. The molecule has 162 valence electrons. The van der Waals surface area contributed by atoms with Crippen LogP contribution in [0.2, 0.25) is 0 Å². The van der Waals surface area contributed by atoms with Crippen LogP contribution in [0, 0.1) is 0 Å². The maximum absolute atomic E-state index is 11.5. The number of hydroxylamine groups is 1. The Morgan fingerprint density at radius 2 is 1.73 bits per heavy atom. The summed E-state index contributed by atoms with van der Waals surface area (Å²) in [7, 11) is 3.71. The predicted octanol–water partition coefficient (Wildman–Crippen LogP) is 3.73. The summed E-state index contributed by atoms with van der Waals surface area (Å²) < 4.78 is 5.30. The van der Waals surface area contributed by atoms with Crippen molar-refractivity contribution >= 4 is 5.91 Å². The Morgan fingerprint density at radius 1 is 1.10 bits per heavy atom. The lowest BCUT2D eigenvalue weighted by atomic mass is 9.72.